The Balaban J connectivity index is 4.00. The second-order valence-corrected chi connectivity index (χ2v) is 5.53. The first-order valence-electron chi connectivity index (χ1n) is 7.77. The number of carbonyl (C=O) groups is 2. The zero-order valence-corrected chi connectivity index (χ0v) is 13.8. The first-order valence-corrected chi connectivity index (χ1v) is 8.41. The molecule has 21 heavy (non-hydrogen) atoms. The van der Waals surface area contributed by atoms with E-state index in [9.17, 15) is 9.59 Å². The number of rotatable bonds is 13. The molecule has 122 valence electrons. The van der Waals surface area contributed by atoms with Crippen LogP contribution in [0.4, 0.5) is 0 Å². The van der Waals surface area contributed by atoms with E-state index in [0.717, 1.165) is 12.8 Å². The first kappa shape index (κ1) is 20.0. The molecule has 5 heteroatoms. The van der Waals surface area contributed by atoms with E-state index in [-0.39, 0.29) is 13.0 Å². The second-order valence-electron chi connectivity index (χ2n) is 5.08. The fourth-order valence-electron chi connectivity index (χ4n) is 1.97. The van der Waals surface area contributed by atoms with E-state index in [1.807, 2.05) is 6.08 Å². The number of hydrogen-bond donors (Lipinski definition) is 2. The first-order chi connectivity index (χ1) is 10.1. The molecule has 4 nitrogen and oxygen atoms in total. The van der Waals surface area contributed by atoms with Crippen molar-refractivity contribution in [2.45, 2.75) is 58.3 Å². The average Bonchev–Trinajstić information content (AvgIpc) is 2.45. The van der Waals surface area contributed by atoms with Gasteiger partial charge in [0.05, 0.1) is 12.3 Å². The summed E-state index contributed by atoms with van der Waals surface area (Å²) in [6.07, 6.45) is 11.5. The van der Waals surface area contributed by atoms with Crippen LogP contribution in [0, 0.1) is 5.92 Å². The van der Waals surface area contributed by atoms with Crippen LogP contribution in [0.15, 0.2) is 12.2 Å². The minimum atomic E-state index is -0.993. The number of carboxylic acid groups (broad SMARTS) is 1. The van der Waals surface area contributed by atoms with Crippen molar-refractivity contribution < 1.29 is 19.4 Å². The van der Waals surface area contributed by atoms with E-state index in [1.54, 1.807) is 6.08 Å². The van der Waals surface area contributed by atoms with Crippen molar-refractivity contribution in [3.8, 4) is 0 Å². The summed E-state index contributed by atoms with van der Waals surface area (Å²) in [4.78, 5) is 22.5. The van der Waals surface area contributed by atoms with Gasteiger partial charge >= 0.3 is 11.9 Å². The molecule has 0 saturated heterocycles. The summed E-state index contributed by atoms with van der Waals surface area (Å²) in [5.41, 5.74) is 0. The molecule has 1 N–H and O–H groups in total. The lowest BCUT2D eigenvalue weighted by molar-refractivity contribution is -0.150. The maximum Gasteiger partial charge on any atom is 0.313 e. The van der Waals surface area contributed by atoms with Crippen LogP contribution in [0.5, 0.6) is 0 Å². The predicted octanol–water partition coefficient (Wildman–Crippen LogP) is 3.86. The SMILES string of the molecule is CCCCCCCCC=CC(CC(=O)O)C(=O)OCCS. The van der Waals surface area contributed by atoms with Gasteiger partial charge in [-0.15, -0.1) is 0 Å². The summed E-state index contributed by atoms with van der Waals surface area (Å²) in [5.74, 6) is -1.73. The van der Waals surface area contributed by atoms with Gasteiger partial charge in [-0.1, -0.05) is 51.2 Å². The number of ether oxygens (including phenoxy) is 1. The van der Waals surface area contributed by atoms with Gasteiger partial charge in [-0.3, -0.25) is 9.59 Å². The number of aliphatic carboxylic acids is 1. The molecule has 0 spiro atoms. The number of carboxylic acids is 1. The second kappa shape index (κ2) is 14.0. The van der Waals surface area contributed by atoms with Gasteiger partial charge in [0.25, 0.3) is 0 Å². The molecule has 0 rings (SSSR count). The largest absolute Gasteiger partial charge is 0.481 e. The Labute approximate surface area is 133 Å². The highest BCUT2D eigenvalue weighted by molar-refractivity contribution is 7.80. The van der Waals surface area contributed by atoms with Crippen LogP contribution in [-0.4, -0.2) is 29.4 Å². The molecule has 0 aromatic rings. The van der Waals surface area contributed by atoms with Gasteiger partial charge in [-0.05, 0) is 12.8 Å². The quantitative estimate of drug-likeness (QED) is 0.234. The van der Waals surface area contributed by atoms with Crippen LogP contribution < -0.4 is 0 Å². The van der Waals surface area contributed by atoms with E-state index in [0.29, 0.717) is 5.75 Å². The zero-order valence-electron chi connectivity index (χ0n) is 12.9. The molecular weight excluding hydrogens is 288 g/mol. The molecule has 0 aliphatic heterocycles. The summed E-state index contributed by atoms with van der Waals surface area (Å²) < 4.78 is 4.95. The molecule has 0 amide bonds. The Morgan fingerprint density at radius 1 is 1.19 bits per heavy atom. The normalized spacial score (nSPS) is 12.5. The molecule has 0 aliphatic rings. The van der Waals surface area contributed by atoms with E-state index < -0.39 is 17.9 Å². The van der Waals surface area contributed by atoms with Gasteiger partial charge < -0.3 is 9.84 Å². The van der Waals surface area contributed by atoms with Gasteiger partial charge in [0, 0.05) is 5.75 Å². The number of allylic oxidation sites excluding steroid dienone is 1. The van der Waals surface area contributed by atoms with Gasteiger partial charge in [-0.2, -0.15) is 12.6 Å². The highest BCUT2D eigenvalue weighted by Gasteiger charge is 2.19. The van der Waals surface area contributed by atoms with Crippen molar-refractivity contribution in [3.63, 3.8) is 0 Å². The van der Waals surface area contributed by atoms with Crippen molar-refractivity contribution in [1.29, 1.82) is 0 Å². The highest BCUT2D eigenvalue weighted by Crippen LogP contribution is 2.11. The fourth-order valence-corrected chi connectivity index (χ4v) is 2.07. The van der Waals surface area contributed by atoms with Crippen molar-refractivity contribution in [3.05, 3.63) is 12.2 Å². The maximum absolute atomic E-state index is 11.7. The lowest BCUT2D eigenvalue weighted by atomic mass is 10.0. The Kier molecular flexibility index (Phi) is 13.3. The summed E-state index contributed by atoms with van der Waals surface area (Å²) in [6.45, 7) is 2.40. The number of thiol groups is 1. The summed E-state index contributed by atoms with van der Waals surface area (Å²) in [6, 6.07) is 0. The van der Waals surface area contributed by atoms with E-state index in [2.05, 4.69) is 19.6 Å². The molecule has 0 heterocycles. The lowest BCUT2D eigenvalue weighted by Gasteiger charge is -2.09. The third-order valence-corrected chi connectivity index (χ3v) is 3.31. The van der Waals surface area contributed by atoms with Crippen LogP contribution in [0.25, 0.3) is 0 Å². The molecule has 0 bridgehead atoms. The molecule has 0 radical (unpaired) electrons. The smallest absolute Gasteiger partial charge is 0.313 e. The van der Waals surface area contributed by atoms with Crippen molar-refractivity contribution in [1.82, 2.24) is 0 Å². The minimum Gasteiger partial charge on any atom is -0.481 e. The number of carbonyl (C=O) groups excluding carboxylic acids is 1. The Hall–Kier alpha value is -0.970. The maximum atomic E-state index is 11.7. The lowest BCUT2D eigenvalue weighted by Crippen LogP contribution is -2.20. The Morgan fingerprint density at radius 3 is 2.48 bits per heavy atom. The zero-order chi connectivity index (χ0) is 15.9. The number of hydrogen-bond acceptors (Lipinski definition) is 4. The van der Waals surface area contributed by atoms with Crippen LogP contribution >= 0.6 is 12.6 Å². The monoisotopic (exact) mass is 316 g/mol. The number of unbranched alkanes of at least 4 members (excludes halogenated alkanes) is 6. The Morgan fingerprint density at radius 2 is 1.86 bits per heavy atom. The van der Waals surface area contributed by atoms with Gasteiger partial charge in [0.2, 0.25) is 0 Å². The van der Waals surface area contributed by atoms with Crippen LogP contribution in [0.3, 0.4) is 0 Å². The van der Waals surface area contributed by atoms with E-state index >= 15 is 0 Å². The van der Waals surface area contributed by atoms with Gasteiger partial charge in [-0.25, -0.2) is 0 Å². The molecule has 1 unspecified atom stereocenters. The third kappa shape index (κ3) is 12.5. The molecule has 0 fully saturated rings. The van der Waals surface area contributed by atoms with E-state index in [4.69, 9.17) is 9.84 Å². The van der Waals surface area contributed by atoms with Crippen LogP contribution in [-0.2, 0) is 14.3 Å². The third-order valence-electron chi connectivity index (χ3n) is 3.13. The summed E-state index contributed by atoms with van der Waals surface area (Å²) in [7, 11) is 0. The molecule has 0 aliphatic carbocycles. The Bertz CT molecular complexity index is 315. The van der Waals surface area contributed by atoms with Gasteiger partial charge in [0.15, 0.2) is 0 Å². The van der Waals surface area contributed by atoms with E-state index in [1.165, 1.54) is 32.1 Å². The fraction of sp³-hybridized carbons (Fsp3) is 0.750. The molecule has 1 atom stereocenters. The standard InChI is InChI=1S/C16H28O4S/c1-2-3-4-5-6-7-8-9-10-14(13-15(17)18)16(19)20-11-12-21/h9-10,14,21H,2-8,11-13H2,1H3,(H,17,18). The number of esters is 1. The molecule has 0 saturated carbocycles. The van der Waals surface area contributed by atoms with Crippen LogP contribution in [0.1, 0.15) is 58.3 Å². The van der Waals surface area contributed by atoms with Crippen molar-refractivity contribution in [2.75, 3.05) is 12.4 Å². The summed E-state index contributed by atoms with van der Waals surface area (Å²) in [5, 5.41) is 8.82. The van der Waals surface area contributed by atoms with Gasteiger partial charge in [0.1, 0.15) is 6.61 Å². The summed E-state index contributed by atoms with van der Waals surface area (Å²) >= 11 is 3.96. The van der Waals surface area contributed by atoms with Crippen molar-refractivity contribution in [2.24, 2.45) is 5.92 Å². The molecule has 0 aromatic carbocycles. The van der Waals surface area contributed by atoms with Crippen LogP contribution in [0.2, 0.25) is 0 Å². The topological polar surface area (TPSA) is 63.6 Å². The molecule has 0 aromatic heterocycles. The average molecular weight is 316 g/mol. The highest BCUT2D eigenvalue weighted by atomic mass is 32.1. The minimum absolute atomic E-state index is 0.212. The predicted molar refractivity (Wildman–Crippen MR) is 87.7 cm³/mol. The van der Waals surface area contributed by atoms with Crippen molar-refractivity contribution >= 4 is 24.6 Å². The molecular formula is C16H28O4S.